The Bertz CT molecular complexity index is 385. The number of aliphatic hydroxyl groups is 1. The molecule has 0 aromatic heterocycles. The lowest BCUT2D eigenvalue weighted by atomic mass is 9.99. The molecular formula is C14H18N2O. The highest BCUT2D eigenvalue weighted by Gasteiger charge is 2.25. The van der Waals surface area contributed by atoms with Crippen LogP contribution in [0.3, 0.4) is 0 Å². The van der Waals surface area contributed by atoms with Crippen molar-refractivity contribution in [3.8, 4) is 6.07 Å². The van der Waals surface area contributed by atoms with Crippen molar-refractivity contribution in [3.05, 3.63) is 35.9 Å². The van der Waals surface area contributed by atoms with Crippen molar-refractivity contribution in [1.29, 1.82) is 5.26 Å². The van der Waals surface area contributed by atoms with Gasteiger partial charge in [0.05, 0.1) is 18.6 Å². The number of rotatable bonds is 3. The lowest BCUT2D eigenvalue weighted by molar-refractivity contribution is 0.0469. The molecule has 0 radical (unpaired) electrons. The molecule has 1 saturated heterocycles. The van der Waals surface area contributed by atoms with Crippen LogP contribution in [0.4, 0.5) is 0 Å². The number of benzene rings is 1. The highest BCUT2D eigenvalue weighted by Crippen LogP contribution is 2.27. The van der Waals surface area contributed by atoms with E-state index in [1.54, 1.807) is 0 Å². The van der Waals surface area contributed by atoms with Crippen LogP contribution in [0.1, 0.15) is 30.9 Å². The first-order valence-corrected chi connectivity index (χ1v) is 6.15. The highest BCUT2D eigenvalue weighted by atomic mass is 16.3. The molecule has 1 aliphatic heterocycles. The number of piperidine rings is 1. The van der Waals surface area contributed by atoms with Crippen LogP contribution in [0.15, 0.2) is 30.3 Å². The van der Waals surface area contributed by atoms with E-state index in [1.807, 2.05) is 18.2 Å². The predicted octanol–water partition coefficient (Wildman–Crippen LogP) is 2.10. The number of nitriles is 1. The van der Waals surface area contributed by atoms with Crippen molar-refractivity contribution in [2.75, 3.05) is 13.1 Å². The second-order valence-corrected chi connectivity index (χ2v) is 4.58. The molecule has 2 rings (SSSR count). The topological polar surface area (TPSA) is 47.3 Å². The Morgan fingerprint density at radius 3 is 2.82 bits per heavy atom. The zero-order valence-corrected chi connectivity index (χ0v) is 9.92. The van der Waals surface area contributed by atoms with E-state index in [0.29, 0.717) is 13.0 Å². The average Bonchev–Trinajstić information content (AvgIpc) is 2.37. The number of hydrogen-bond donors (Lipinski definition) is 1. The van der Waals surface area contributed by atoms with Crippen LogP contribution in [0.25, 0.3) is 0 Å². The first kappa shape index (κ1) is 12.1. The number of β-amino-alcohol motifs (C(OH)–C–C–N with tert-alkyl or cyclic N) is 1. The summed E-state index contributed by atoms with van der Waals surface area (Å²) in [7, 11) is 0. The van der Waals surface area contributed by atoms with Gasteiger partial charge in [-0.25, -0.2) is 0 Å². The van der Waals surface area contributed by atoms with E-state index < -0.39 is 0 Å². The highest BCUT2D eigenvalue weighted by molar-refractivity contribution is 5.20. The maximum absolute atomic E-state index is 9.72. The van der Waals surface area contributed by atoms with Gasteiger partial charge in [-0.05, 0) is 24.9 Å². The van der Waals surface area contributed by atoms with Crippen molar-refractivity contribution in [3.63, 3.8) is 0 Å². The molecule has 0 amide bonds. The monoisotopic (exact) mass is 230 g/mol. The average molecular weight is 230 g/mol. The van der Waals surface area contributed by atoms with E-state index in [1.165, 1.54) is 5.56 Å². The van der Waals surface area contributed by atoms with E-state index in [4.69, 9.17) is 5.26 Å². The van der Waals surface area contributed by atoms with Crippen molar-refractivity contribution in [1.82, 2.24) is 4.90 Å². The van der Waals surface area contributed by atoms with E-state index in [0.717, 1.165) is 19.4 Å². The minimum atomic E-state index is -0.242. The summed E-state index contributed by atoms with van der Waals surface area (Å²) in [5, 5.41) is 18.7. The molecule has 2 atom stereocenters. The summed E-state index contributed by atoms with van der Waals surface area (Å²) >= 11 is 0. The Hall–Kier alpha value is -1.37. The zero-order chi connectivity index (χ0) is 12.1. The molecule has 0 saturated carbocycles. The summed E-state index contributed by atoms with van der Waals surface area (Å²) < 4.78 is 0. The number of likely N-dealkylation sites (tertiary alicyclic amines) is 1. The van der Waals surface area contributed by atoms with Gasteiger partial charge in [-0.2, -0.15) is 5.26 Å². The summed E-state index contributed by atoms with van der Waals surface area (Å²) in [5.74, 6) is 0. The molecule has 0 bridgehead atoms. The SMILES string of the molecule is N#CCC(c1ccccc1)N1CCCC(O)C1. The summed E-state index contributed by atoms with van der Waals surface area (Å²) in [4.78, 5) is 2.23. The predicted molar refractivity (Wildman–Crippen MR) is 66.2 cm³/mol. The van der Waals surface area contributed by atoms with Crippen molar-refractivity contribution < 1.29 is 5.11 Å². The fourth-order valence-corrected chi connectivity index (χ4v) is 2.49. The Balaban J connectivity index is 2.14. The first-order valence-electron chi connectivity index (χ1n) is 6.15. The van der Waals surface area contributed by atoms with E-state index in [-0.39, 0.29) is 12.1 Å². The number of aliphatic hydroxyl groups excluding tert-OH is 1. The van der Waals surface area contributed by atoms with Gasteiger partial charge in [-0.1, -0.05) is 30.3 Å². The smallest absolute Gasteiger partial charge is 0.0667 e. The molecule has 1 fully saturated rings. The van der Waals surface area contributed by atoms with Gasteiger partial charge in [-0.3, -0.25) is 4.90 Å². The van der Waals surface area contributed by atoms with Crippen molar-refractivity contribution >= 4 is 0 Å². The minimum Gasteiger partial charge on any atom is -0.392 e. The molecule has 1 aliphatic rings. The zero-order valence-electron chi connectivity index (χ0n) is 9.92. The second kappa shape index (κ2) is 5.81. The fourth-order valence-electron chi connectivity index (χ4n) is 2.49. The van der Waals surface area contributed by atoms with Gasteiger partial charge in [0.1, 0.15) is 0 Å². The van der Waals surface area contributed by atoms with Gasteiger partial charge < -0.3 is 5.11 Å². The second-order valence-electron chi connectivity index (χ2n) is 4.58. The van der Waals surface area contributed by atoms with Gasteiger partial charge in [0, 0.05) is 12.6 Å². The summed E-state index contributed by atoms with van der Waals surface area (Å²) in [6.45, 7) is 1.65. The van der Waals surface area contributed by atoms with Crippen molar-refractivity contribution in [2.45, 2.75) is 31.4 Å². The normalized spacial score (nSPS) is 22.9. The molecule has 1 aromatic rings. The molecule has 1 N–H and O–H groups in total. The maximum atomic E-state index is 9.72. The van der Waals surface area contributed by atoms with Crippen LogP contribution < -0.4 is 0 Å². The molecule has 90 valence electrons. The first-order chi connectivity index (χ1) is 8.31. The largest absolute Gasteiger partial charge is 0.392 e. The quantitative estimate of drug-likeness (QED) is 0.865. The third kappa shape index (κ3) is 3.06. The van der Waals surface area contributed by atoms with Gasteiger partial charge in [0.15, 0.2) is 0 Å². The Morgan fingerprint density at radius 1 is 1.41 bits per heavy atom. The number of hydrogen-bond acceptors (Lipinski definition) is 3. The Labute approximate surface area is 102 Å². The van der Waals surface area contributed by atoms with Gasteiger partial charge >= 0.3 is 0 Å². The molecule has 0 aliphatic carbocycles. The third-order valence-electron chi connectivity index (χ3n) is 3.34. The van der Waals surface area contributed by atoms with Crippen LogP contribution in [0.5, 0.6) is 0 Å². The van der Waals surface area contributed by atoms with Crippen LogP contribution in [0, 0.1) is 11.3 Å². The molecule has 1 aromatic carbocycles. The lowest BCUT2D eigenvalue weighted by Crippen LogP contribution is -2.40. The van der Waals surface area contributed by atoms with E-state index in [2.05, 4.69) is 23.1 Å². The van der Waals surface area contributed by atoms with Crippen LogP contribution >= 0.6 is 0 Å². The van der Waals surface area contributed by atoms with Gasteiger partial charge in [0.25, 0.3) is 0 Å². The molecule has 0 spiro atoms. The third-order valence-corrected chi connectivity index (χ3v) is 3.34. The fraction of sp³-hybridized carbons (Fsp3) is 0.500. The molecule has 3 nitrogen and oxygen atoms in total. The molecule has 17 heavy (non-hydrogen) atoms. The summed E-state index contributed by atoms with van der Waals surface area (Å²) in [6, 6.07) is 12.5. The van der Waals surface area contributed by atoms with Crippen LogP contribution in [0.2, 0.25) is 0 Å². The summed E-state index contributed by atoms with van der Waals surface area (Å²) in [6.07, 6.45) is 2.13. The van der Waals surface area contributed by atoms with Crippen LogP contribution in [-0.4, -0.2) is 29.2 Å². The summed E-state index contributed by atoms with van der Waals surface area (Å²) in [5.41, 5.74) is 1.17. The molecule has 1 heterocycles. The van der Waals surface area contributed by atoms with Gasteiger partial charge in [0.2, 0.25) is 0 Å². The van der Waals surface area contributed by atoms with Crippen molar-refractivity contribution in [2.24, 2.45) is 0 Å². The maximum Gasteiger partial charge on any atom is 0.0667 e. The van der Waals surface area contributed by atoms with E-state index >= 15 is 0 Å². The van der Waals surface area contributed by atoms with Gasteiger partial charge in [-0.15, -0.1) is 0 Å². The Morgan fingerprint density at radius 2 is 2.18 bits per heavy atom. The molecule has 3 heteroatoms. The standard InChI is InChI=1S/C14H18N2O/c15-9-8-14(12-5-2-1-3-6-12)16-10-4-7-13(17)11-16/h1-3,5-6,13-14,17H,4,7-8,10-11H2. The molecular weight excluding hydrogens is 212 g/mol. The molecule has 2 unspecified atom stereocenters. The lowest BCUT2D eigenvalue weighted by Gasteiger charge is -2.35. The Kier molecular flexibility index (Phi) is 4.13. The van der Waals surface area contributed by atoms with Crippen LogP contribution in [-0.2, 0) is 0 Å². The van der Waals surface area contributed by atoms with E-state index in [9.17, 15) is 5.11 Å². The minimum absolute atomic E-state index is 0.121. The number of nitrogens with zero attached hydrogens (tertiary/aromatic N) is 2.